The maximum Gasteiger partial charge on any atom is 0.416 e. The fourth-order valence-corrected chi connectivity index (χ4v) is 3.87. The third kappa shape index (κ3) is 6.25. The van der Waals surface area contributed by atoms with Crippen LogP contribution < -0.4 is 5.32 Å². The van der Waals surface area contributed by atoms with Gasteiger partial charge in [-0.2, -0.15) is 13.2 Å². The maximum absolute atomic E-state index is 12.9. The molecule has 1 aromatic heterocycles. The van der Waals surface area contributed by atoms with E-state index in [4.69, 9.17) is 0 Å². The van der Waals surface area contributed by atoms with Crippen LogP contribution in [0.2, 0.25) is 0 Å². The van der Waals surface area contributed by atoms with Gasteiger partial charge in [0.2, 0.25) is 5.91 Å². The lowest BCUT2D eigenvalue weighted by Gasteiger charge is -2.19. The third-order valence-electron chi connectivity index (χ3n) is 4.84. The molecule has 0 aliphatic carbocycles. The van der Waals surface area contributed by atoms with Crippen molar-refractivity contribution in [1.82, 2.24) is 14.8 Å². The minimum Gasteiger partial charge on any atom is -0.325 e. The molecule has 0 aliphatic heterocycles. The van der Waals surface area contributed by atoms with Crippen LogP contribution in [0.4, 0.5) is 18.9 Å². The van der Waals surface area contributed by atoms with Gasteiger partial charge in [0.25, 0.3) is 0 Å². The van der Waals surface area contributed by atoms with Crippen LogP contribution in [0.3, 0.4) is 0 Å². The summed E-state index contributed by atoms with van der Waals surface area (Å²) in [4.78, 5) is 12.3. The molecule has 0 aliphatic rings. The Morgan fingerprint density at radius 2 is 1.79 bits per heavy atom. The molecule has 0 atom stereocenters. The summed E-state index contributed by atoms with van der Waals surface area (Å²) < 4.78 is 40.5. The lowest BCUT2D eigenvalue weighted by Crippen LogP contribution is -2.15. The molecule has 174 valence electrons. The second kappa shape index (κ2) is 9.82. The molecule has 0 saturated carbocycles. The number of benzene rings is 2. The average Bonchev–Trinajstić information content (AvgIpc) is 3.14. The molecular formula is C24H25F3N4OS. The van der Waals surface area contributed by atoms with E-state index in [1.807, 2.05) is 16.7 Å². The number of nitrogens with one attached hydrogen (secondary N) is 1. The molecule has 0 unspecified atom stereocenters. The smallest absolute Gasteiger partial charge is 0.325 e. The molecule has 1 amide bonds. The quantitative estimate of drug-likeness (QED) is 0.328. The fourth-order valence-electron chi connectivity index (χ4n) is 3.12. The largest absolute Gasteiger partial charge is 0.416 e. The molecule has 3 aromatic rings. The number of anilines is 1. The van der Waals surface area contributed by atoms with E-state index in [2.05, 4.69) is 55.0 Å². The van der Waals surface area contributed by atoms with Crippen molar-refractivity contribution in [1.29, 1.82) is 0 Å². The predicted molar refractivity (Wildman–Crippen MR) is 125 cm³/mol. The minimum absolute atomic E-state index is 0.0291. The highest BCUT2D eigenvalue weighted by Crippen LogP contribution is 2.31. The van der Waals surface area contributed by atoms with Gasteiger partial charge in [-0.05, 0) is 29.2 Å². The van der Waals surface area contributed by atoms with Crippen LogP contribution in [0, 0.1) is 0 Å². The van der Waals surface area contributed by atoms with Crippen molar-refractivity contribution in [2.75, 3.05) is 11.1 Å². The number of nitrogens with zero attached hydrogens (tertiary/aromatic N) is 3. The zero-order valence-electron chi connectivity index (χ0n) is 18.6. The SMILES string of the molecule is C=CCn1c(SCC(=O)Nc2cccc(C(F)(F)F)c2)nnc1-c1ccc(C(C)(C)C)cc1. The monoisotopic (exact) mass is 474 g/mol. The van der Waals surface area contributed by atoms with E-state index < -0.39 is 17.6 Å². The van der Waals surface area contributed by atoms with Crippen LogP contribution in [0.5, 0.6) is 0 Å². The molecule has 1 N–H and O–H groups in total. The van der Waals surface area contributed by atoms with Gasteiger partial charge < -0.3 is 5.32 Å². The summed E-state index contributed by atoms with van der Waals surface area (Å²) in [6.45, 7) is 10.6. The summed E-state index contributed by atoms with van der Waals surface area (Å²) in [6.07, 6.45) is -2.76. The van der Waals surface area contributed by atoms with Crippen LogP contribution in [-0.2, 0) is 22.9 Å². The zero-order chi connectivity index (χ0) is 24.2. The number of halogens is 3. The Bertz CT molecular complexity index is 1130. The number of alkyl halides is 3. The number of thioether (sulfide) groups is 1. The normalized spacial score (nSPS) is 11.9. The van der Waals surface area contributed by atoms with Gasteiger partial charge in [0.05, 0.1) is 11.3 Å². The van der Waals surface area contributed by atoms with Crippen molar-refractivity contribution >= 4 is 23.4 Å². The standard InChI is InChI=1S/C24H25F3N4OS/c1-5-13-31-21(16-9-11-17(12-10-16)23(2,3)4)29-30-22(31)33-15-20(32)28-19-8-6-7-18(14-19)24(25,26)27/h5-12,14H,1,13,15H2,2-4H3,(H,28,32). The Labute approximate surface area is 195 Å². The Kier molecular flexibility index (Phi) is 7.31. The number of hydrogen-bond acceptors (Lipinski definition) is 4. The second-order valence-corrected chi connectivity index (χ2v) is 9.39. The number of carbonyl (C=O) groups is 1. The molecule has 0 fully saturated rings. The van der Waals surface area contributed by atoms with Crippen LogP contribution in [0.25, 0.3) is 11.4 Å². The van der Waals surface area contributed by atoms with E-state index in [9.17, 15) is 18.0 Å². The summed E-state index contributed by atoms with van der Waals surface area (Å²) >= 11 is 1.15. The van der Waals surface area contributed by atoms with Crippen LogP contribution in [0.15, 0.2) is 66.3 Å². The molecule has 0 spiro atoms. The van der Waals surface area contributed by atoms with Crippen LogP contribution >= 0.6 is 11.8 Å². The Morgan fingerprint density at radius 1 is 1.09 bits per heavy atom. The lowest BCUT2D eigenvalue weighted by atomic mass is 9.87. The molecular weight excluding hydrogens is 449 g/mol. The van der Waals surface area contributed by atoms with Crippen molar-refractivity contribution < 1.29 is 18.0 Å². The number of allylic oxidation sites excluding steroid dienone is 1. The summed E-state index contributed by atoms with van der Waals surface area (Å²) in [5, 5.41) is 11.5. The lowest BCUT2D eigenvalue weighted by molar-refractivity contribution is -0.137. The predicted octanol–water partition coefficient (Wildman–Crippen LogP) is 6.18. The van der Waals surface area contributed by atoms with Gasteiger partial charge in [0.15, 0.2) is 11.0 Å². The molecule has 0 bridgehead atoms. The van der Waals surface area contributed by atoms with Gasteiger partial charge in [-0.15, -0.1) is 16.8 Å². The topological polar surface area (TPSA) is 59.8 Å². The van der Waals surface area contributed by atoms with E-state index in [-0.39, 0.29) is 16.9 Å². The fraction of sp³-hybridized carbons (Fsp3) is 0.292. The van der Waals surface area contributed by atoms with Crippen molar-refractivity contribution in [3.63, 3.8) is 0 Å². The molecule has 0 saturated heterocycles. The first-order valence-corrected chi connectivity index (χ1v) is 11.2. The van der Waals surface area contributed by atoms with Gasteiger partial charge >= 0.3 is 6.18 Å². The highest BCUT2D eigenvalue weighted by molar-refractivity contribution is 7.99. The zero-order valence-corrected chi connectivity index (χ0v) is 19.4. The Hall–Kier alpha value is -3.07. The molecule has 5 nitrogen and oxygen atoms in total. The van der Waals surface area contributed by atoms with Crippen molar-refractivity contribution in [2.45, 2.75) is 44.1 Å². The summed E-state index contributed by atoms with van der Waals surface area (Å²) in [6, 6.07) is 12.6. The summed E-state index contributed by atoms with van der Waals surface area (Å²) in [5.74, 6) is 0.175. The van der Waals surface area contributed by atoms with Crippen molar-refractivity contribution in [3.8, 4) is 11.4 Å². The minimum atomic E-state index is -4.47. The molecule has 0 radical (unpaired) electrons. The average molecular weight is 475 g/mol. The first kappa shape index (κ1) is 24.6. The molecule has 3 rings (SSSR count). The highest BCUT2D eigenvalue weighted by atomic mass is 32.2. The summed E-state index contributed by atoms with van der Waals surface area (Å²) in [5.41, 5.74) is 1.38. The van der Waals surface area contributed by atoms with E-state index in [1.54, 1.807) is 6.08 Å². The van der Waals surface area contributed by atoms with Crippen molar-refractivity contribution in [2.24, 2.45) is 0 Å². The Morgan fingerprint density at radius 3 is 2.39 bits per heavy atom. The van der Waals surface area contributed by atoms with Gasteiger partial charge in [-0.25, -0.2) is 0 Å². The number of aromatic nitrogens is 3. The molecule has 9 heteroatoms. The molecule has 2 aromatic carbocycles. The molecule has 1 heterocycles. The molecule has 33 heavy (non-hydrogen) atoms. The number of carbonyl (C=O) groups excluding carboxylic acids is 1. The van der Waals surface area contributed by atoms with Gasteiger partial charge in [-0.1, -0.05) is 68.9 Å². The first-order chi connectivity index (χ1) is 15.5. The number of rotatable bonds is 7. The van der Waals surface area contributed by atoms with Crippen molar-refractivity contribution in [3.05, 3.63) is 72.3 Å². The second-order valence-electron chi connectivity index (χ2n) is 8.45. The first-order valence-electron chi connectivity index (χ1n) is 10.2. The van der Waals surface area contributed by atoms with E-state index in [0.717, 1.165) is 29.5 Å². The third-order valence-corrected chi connectivity index (χ3v) is 5.81. The van der Waals surface area contributed by atoms with Gasteiger partial charge in [-0.3, -0.25) is 9.36 Å². The van der Waals surface area contributed by atoms with Crippen LogP contribution in [-0.4, -0.2) is 26.4 Å². The number of hydrogen-bond donors (Lipinski definition) is 1. The number of amides is 1. The highest BCUT2D eigenvalue weighted by Gasteiger charge is 2.30. The summed E-state index contributed by atoms with van der Waals surface area (Å²) in [7, 11) is 0. The van der Waals surface area contributed by atoms with Gasteiger partial charge in [0.1, 0.15) is 0 Å². The van der Waals surface area contributed by atoms with E-state index in [1.165, 1.54) is 17.7 Å². The van der Waals surface area contributed by atoms with Crippen LogP contribution in [0.1, 0.15) is 31.9 Å². The van der Waals surface area contributed by atoms with Gasteiger partial charge in [0, 0.05) is 17.8 Å². The maximum atomic E-state index is 12.9. The van der Waals surface area contributed by atoms with E-state index in [0.29, 0.717) is 17.5 Å². The van der Waals surface area contributed by atoms with E-state index >= 15 is 0 Å². The Balaban J connectivity index is 1.72.